The third-order valence-corrected chi connectivity index (χ3v) is 3.12. The summed E-state index contributed by atoms with van der Waals surface area (Å²) in [5, 5.41) is 3.38. The molecule has 1 atom stereocenters. The van der Waals surface area contributed by atoms with Crippen molar-refractivity contribution >= 4 is 22.6 Å². The van der Waals surface area contributed by atoms with Crippen LogP contribution in [0.25, 0.3) is 0 Å². The second-order valence-corrected chi connectivity index (χ2v) is 4.78. The van der Waals surface area contributed by atoms with E-state index in [9.17, 15) is 0 Å². The smallest absolute Gasteiger partial charge is 0.0317 e. The van der Waals surface area contributed by atoms with E-state index in [0.717, 1.165) is 0 Å². The molecule has 1 nitrogen and oxygen atoms in total. The van der Waals surface area contributed by atoms with Crippen molar-refractivity contribution in [2.45, 2.75) is 32.2 Å². The Morgan fingerprint density at radius 3 is 2.79 bits per heavy atom. The Morgan fingerprint density at radius 2 is 2.21 bits per heavy atom. The summed E-state index contributed by atoms with van der Waals surface area (Å²) in [5.74, 6) is 0. The van der Waals surface area contributed by atoms with Crippen molar-refractivity contribution in [1.29, 1.82) is 0 Å². The van der Waals surface area contributed by atoms with Crippen LogP contribution in [0.1, 0.15) is 37.8 Å². The number of benzene rings is 1. The first-order chi connectivity index (χ1) is 6.77. The zero-order valence-corrected chi connectivity index (χ0v) is 11.0. The maximum Gasteiger partial charge on any atom is 0.0317 e. The molecule has 0 amide bonds. The minimum atomic E-state index is 0.518. The van der Waals surface area contributed by atoms with Gasteiger partial charge >= 0.3 is 0 Å². The van der Waals surface area contributed by atoms with Crippen molar-refractivity contribution in [1.82, 2.24) is 5.32 Å². The van der Waals surface area contributed by atoms with Gasteiger partial charge in [0.25, 0.3) is 0 Å². The normalized spacial score (nSPS) is 12.8. The lowest BCUT2D eigenvalue weighted by atomic mass is 10.0. The molecule has 0 saturated heterocycles. The lowest BCUT2D eigenvalue weighted by Gasteiger charge is -2.16. The van der Waals surface area contributed by atoms with Gasteiger partial charge in [-0.05, 0) is 53.8 Å². The van der Waals surface area contributed by atoms with Crippen LogP contribution >= 0.6 is 22.6 Å². The molecule has 0 bridgehead atoms. The standard InChI is InChI=1S/C12H18IN/c1-3-4-8-12(14-2)10-6-5-7-11(13)9-10/h5-7,9,12,14H,3-4,8H2,1-2H3. The molecule has 0 fully saturated rings. The van der Waals surface area contributed by atoms with Gasteiger partial charge < -0.3 is 5.32 Å². The van der Waals surface area contributed by atoms with Crippen LogP contribution < -0.4 is 5.32 Å². The maximum atomic E-state index is 3.38. The molecule has 0 saturated carbocycles. The quantitative estimate of drug-likeness (QED) is 0.817. The molecule has 1 rings (SSSR count). The van der Waals surface area contributed by atoms with E-state index >= 15 is 0 Å². The van der Waals surface area contributed by atoms with E-state index in [1.165, 1.54) is 28.4 Å². The Morgan fingerprint density at radius 1 is 1.43 bits per heavy atom. The third-order valence-electron chi connectivity index (χ3n) is 2.45. The summed E-state index contributed by atoms with van der Waals surface area (Å²) < 4.78 is 1.32. The molecule has 1 aromatic carbocycles. The van der Waals surface area contributed by atoms with Crippen LogP contribution in [0, 0.1) is 3.57 Å². The fourth-order valence-corrected chi connectivity index (χ4v) is 2.18. The number of unbranched alkanes of at least 4 members (excludes halogenated alkanes) is 1. The van der Waals surface area contributed by atoms with Crippen LogP contribution in [0.2, 0.25) is 0 Å². The maximum absolute atomic E-state index is 3.38. The summed E-state index contributed by atoms with van der Waals surface area (Å²) in [7, 11) is 2.04. The first kappa shape index (κ1) is 12.0. The third kappa shape index (κ3) is 3.58. The van der Waals surface area contributed by atoms with Gasteiger partial charge in [0.15, 0.2) is 0 Å². The molecule has 78 valence electrons. The van der Waals surface area contributed by atoms with Crippen LogP contribution in [-0.4, -0.2) is 7.05 Å². The van der Waals surface area contributed by atoms with E-state index in [2.05, 4.69) is 59.1 Å². The molecule has 0 heterocycles. The molecule has 0 aromatic heterocycles. The van der Waals surface area contributed by atoms with Gasteiger partial charge in [0, 0.05) is 9.61 Å². The highest BCUT2D eigenvalue weighted by Gasteiger charge is 2.07. The van der Waals surface area contributed by atoms with E-state index in [1.807, 2.05) is 7.05 Å². The van der Waals surface area contributed by atoms with Crippen LogP contribution in [-0.2, 0) is 0 Å². The van der Waals surface area contributed by atoms with Crippen molar-refractivity contribution in [2.75, 3.05) is 7.05 Å². The van der Waals surface area contributed by atoms with Crippen LogP contribution in [0.5, 0.6) is 0 Å². The summed E-state index contributed by atoms with van der Waals surface area (Å²) >= 11 is 2.37. The number of nitrogens with one attached hydrogen (secondary N) is 1. The molecule has 2 heteroatoms. The zero-order valence-electron chi connectivity index (χ0n) is 8.89. The number of hydrogen-bond acceptors (Lipinski definition) is 1. The predicted molar refractivity (Wildman–Crippen MR) is 70.5 cm³/mol. The Hall–Kier alpha value is -0.0900. The molecule has 0 spiro atoms. The largest absolute Gasteiger partial charge is 0.313 e. The predicted octanol–water partition coefficient (Wildman–Crippen LogP) is 3.74. The topological polar surface area (TPSA) is 12.0 Å². The first-order valence-electron chi connectivity index (χ1n) is 5.20. The molecular weight excluding hydrogens is 285 g/mol. The summed E-state index contributed by atoms with van der Waals surface area (Å²) in [4.78, 5) is 0. The SMILES string of the molecule is CCCCC(NC)c1cccc(I)c1. The average Bonchev–Trinajstić information content (AvgIpc) is 2.19. The van der Waals surface area contributed by atoms with Crippen LogP contribution in [0.15, 0.2) is 24.3 Å². The number of halogens is 1. The number of hydrogen-bond donors (Lipinski definition) is 1. The molecule has 0 aliphatic rings. The van der Waals surface area contributed by atoms with E-state index in [4.69, 9.17) is 0 Å². The van der Waals surface area contributed by atoms with Crippen molar-refractivity contribution in [2.24, 2.45) is 0 Å². The second kappa shape index (κ2) is 6.40. The van der Waals surface area contributed by atoms with Gasteiger partial charge in [-0.1, -0.05) is 31.9 Å². The van der Waals surface area contributed by atoms with E-state index in [-0.39, 0.29) is 0 Å². The number of rotatable bonds is 5. The molecule has 0 aliphatic carbocycles. The summed E-state index contributed by atoms with van der Waals surface area (Å²) in [5.41, 5.74) is 1.41. The van der Waals surface area contributed by atoms with Crippen molar-refractivity contribution in [3.63, 3.8) is 0 Å². The summed E-state index contributed by atoms with van der Waals surface area (Å²) in [6, 6.07) is 9.25. The van der Waals surface area contributed by atoms with Gasteiger partial charge in [-0.3, -0.25) is 0 Å². The van der Waals surface area contributed by atoms with E-state index in [0.29, 0.717) is 6.04 Å². The van der Waals surface area contributed by atoms with E-state index < -0.39 is 0 Å². The van der Waals surface area contributed by atoms with Gasteiger partial charge in [0.1, 0.15) is 0 Å². The van der Waals surface area contributed by atoms with Gasteiger partial charge in [-0.25, -0.2) is 0 Å². The monoisotopic (exact) mass is 303 g/mol. The van der Waals surface area contributed by atoms with Gasteiger partial charge in [-0.15, -0.1) is 0 Å². The minimum Gasteiger partial charge on any atom is -0.313 e. The van der Waals surface area contributed by atoms with Crippen molar-refractivity contribution < 1.29 is 0 Å². The van der Waals surface area contributed by atoms with Crippen molar-refractivity contribution in [3.05, 3.63) is 33.4 Å². The van der Waals surface area contributed by atoms with Crippen LogP contribution in [0.4, 0.5) is 0 Å². The zero-order chi connectivity index (χ0) is 10.4. The van der Waals surface area contributed by atoms with Gasteiger partial charge in [0.2, 0.25) is 0 Å². The summed E-state index contributed by atoms with van der Waals surface area (Å²) in [6.07, 6.45) is 3.78. The molecular formula is C12H18IN. The van der Waals surface area contributed by atoms with Gasteiger partial charge in [-0.2, -0.15) is 0 Å². The Balaban J connectivity index is 2.68. The Bertz CT molecular complexity index is 273. The fourth-order valence-electron chi connectivity index (χ4n) is 1.61. The van der Waals surface area contributed by atoms with Gasteiger partial charge in [0.05, 0.1) is 0 Å². The first-order valence-corrected chi connectivity index (χ1v) is 6.28. The highest BCUT2D eigenvalue weighted by molar-refractivity contribution is 14.1. The molecule has 0 radical (unpaired) electrons. The lowest BCUT2D eigenvalue weighted by Crippen LogP contribution is -2.16. The molecule has 1 N–H and O–H groups in total. The fraction of sp³-hybridized carbons (Fsp3) is 0.500. The Labute approximate surface area is 100 Å². The van der Waals surface area contributed by atoms with Crippen molar-refractivity contribution in [3.8, 4) is 0 Å². The highest BCUT2D eigenvalue weighted by atomic mass is 127. The molecule has 14 heavy (non-hydrogen) atoms. The van der Waals surface area contributed by atoms with E-state index in [1.54, 1.807) is 0 Å². The molecule has 1 unspecified atom stereocenters. The second-order valence-electron chi connectivity index (χ2n) is 3.54. The minimum absolute atomic E-state index is 0.518. The molecule has 0 aliphatic heterocycles. The lowest BCUT2D eigenvalue weighted by molar-refractivity contribution is 0.522. The average molecular weight is 303 g/mol. The highest BCUT2D eigenvalue weighted by Crippen LogP contribution is 2.20. The summed E-state index contributed by atoms with van der Waals surface area (Å²) in [6.45, 7) is 2.24. The molecule has 1 aromatic rings. The Kier molecular flexibility index (Phi) is 5.48. The van der Waals surface area contributed by atoms with Crippen LogP contribution in [0.3, 0.4) is 0 Å².